The van der Waals surface area contributed by atoms with E-state index in [4.69, 9.17) is 12.2 Å². The number of hydrogen-bond donors (Lipinski definition) is 1. The van der Waals surface area contributed by atoms with Crippen molar-refractivity contribution in [3.63, 3.8) is 0 Å². The van der Waals surface area contributed by atoms with Gasteiger partial charge in [0.2, 0.25) is 0 Å². The molecule has 0 bridgehead atoms. The molecule has 0 saturated heterocycles. The summed E-state index contributed by atoms with van der Waals surface area (Å²) in [5.74, 6) is 4.52. The van der Waals surface area contributed by atoms with Crippen LogP contribution in [0, 0.1) is 19.3 Å². The first-order chi connectivity index (χ1) is 7.29. The van der Waals surface area contributed by atoms with Gasteiger partial charge in [0, 0.05) is 25.3 Å². The van der Waals surface area contributed by atoms with Gasteiger partial charge in [-0.15, -0.1) is 22.5 Å². The molecule has 15 heavy (non-hydrogen) atoms. The first-order valence-corrected chi connectivity index (χ1v) is 5.94. The summed E-state index contributed by atoms with van der Waals surface area (Å²) < 4.78 is 2.04. The van der Waals surface area contributed by atoms with Gasteiger partial charge in [-0.25, -0.2) is 0 Å². The fourth-order valence-electron chi connectivity index (χ4n) is 1.19. The zero-order valence-corrected chi connectivity index (χ0v) is 9.76. The predicted octanol–water partition coefficient (Wildman–Crippen LogP) is 1.05. The summed E-state index contributed by atoms with van der Waals surface area (Å²) in [7, 11) is 0. The maximum absolute atomic E-state index is 5.52. The topological polar surface area (TPSA) is 56.7 Å². The van der Waals surface area contributed by atoms with Crippen LogP contribution in [0.5, 0.6) is 0 Å². The molecule has 0 aliphatic carbocycles. The van der Waals surface area contributed by atoms with Crippen LogP contribution in [0.2, 0.25) is 0 Å². The second-order valence-corrected chi connectivity index (χ2v) is 4.19. The van der Waals surface area contributed by atoms with Crippen molar-refractivity contribution in [1.29, 1.82) is 0 Å². The number of thioether (sulfide) groups is 1. The molecule has 0 spiro atoms. The predicted molar refractivity (Wildman–Crippen MR) is 62.6 cm³/mol. The van der Waals surface area contributed by atoms with Crippen LogP contribution < -0.4 is 5.73 Å². The number of hydrogen-bond acceptors (Lipinski definition) is 4. The quantitative estimate of drug-likeness (QED) is 0.446. The van der Waals surface area contributed by atoms with Crippen molar-refractivity contribution >= 4 is 11.8 Å². The Labute approximate surface area is 94.6 Å². The van der Waals surface area contributed by atoms with Crippen LogP contribution in [0.4, 0.5) is 0 Å². The van der Waals surface area contributed by atoms with Gasteiger partial charge in [0.1, 0.15) is 5.82 Å². The van der Waals surface area contributed by atoms with Crippen molar-refractivity contribution in [3.05, 3.63) is 5.82 Å². The first kappa shape index (κ1) is 12.1. The fourth-order valence-corrected chi connectivity index (χ4v) is 2.14. The highest BCUT2D eigenvalue weighted by molar-refractivity contribution is 7.99. The number of unbranched alkanes of at least 4 members (excludes halogenated alkanes) is 1. The lowest BCUT2D eigenvalue weighted by Crippen LogP contribution is -2.12. The molecule has 0 aromatic carbocycles. The third-order valence-corrected chi connectivity index (χ3v) is 3.00. The largest absolute Gasteiger partial charge is 0.329 e. The van der Waals surface area contributed by atoms with Gasteiger partial charge in [-0.3, -0.25) is 0 Å². The first-order valence-electron chi connectivity index (χ1n) is 4.95. The molecule has 82 valence electrons. The molecule has 1 heterocycles. The van der Waals surface area contributed by atoms with Crippen LogP contribution in [0.15, 0.2) is 5.16 Å². The number of nitrogens with zero attached hydrogens (tertiary/aromatic N) is 3. The normalized spacial score (nSPS) is 10.2. The Hall–Kier alpha value is -0.990. The SMILES string of the molecule is C#CCCCSc1nnc(C)n1CCN. The summed E-state index contributed by atoms with van der Waals surface area (Å²) in [6.07, 6.45) is 7.01. The molecule has 0 radical (unpaired) electrons. The number of rotatable bonds is 6. The van der Waals surface area contributed by atoms with Crippen LogP contribution in [-0.4, -0.2) is 27.1 Å². The third-order valence-electron chi connectivity index (χ3n) is 1.95. The minimum Gasteiger partial charge on any atom is -0.329 e. The maximum atomic E-state index is 5.52. The third kappa shape index (κ3) is 3.57. The Kier molecular flexibility index (Phi) is 5.22. The van der Waals surface area contributed by atoms with Crippen molar-refractivity contribution < 1.29 is 0 Å². The van der Waals surface area contributed by atoms with Gasteiger partial charge in [-0.05, 0) is 13.3 Å². The summed E-state index contributed by atoms with van der Waals surface area (Å²) in [6.45, 7) is 3.32. The van der Waals surface area contributed by atoms with E-state index in [2.05, 4.69) is 16.1 Å². The van der Waals surface area contributed by atoms with Crippen molar-refractivity contribution in [1.82, 2.24) is 14.8 Å². The lowest BCUT2D eigenvalue weighted by molar-refractivity contribution is 0.627. The van der Waals surface area contributed by atoms with Crippen LogP contribution in [0.1, 0.15) is 18.7 Å². The molecular weight excluding hydrogens is 208 g/mol. The second-order valence-electron chi connectivity index (χ2n) is 3.13. The zero-order chi connectivity index (χ0) is 11.1. The Morgan fingerprint density at radius 1 is 1.53 bits per heavy atom. The average molecular weight is 224 g/mol. The number of nitrogens with two attached hydrogens (primary N) is 1. The second kappa shape index (κ2) is 6.49. The van der Waals surface area contributed by atoms with Crippen molar-refractivity contribution in [2.45, 2.75) is 31.5 Å². The molecular formula is C10H16N4S. The van der Waals surface area contributed by atoms with Crippen molar-refractivity contribution in [2.75, 3.05) is 12.3 Å². The van der Waals surface area contributed by atoms with Gasteiger partial charge >= 0.3 is 0 Å². The Bertz CT molecular complexity index is 340. The van der Waals surface area contributed by atoms with Crippen molar-refractivity contribution in [2.24, 2.45) is 5.73 Å². The van der Waals surface area contributed by atoms with E-state index in [1.807, 2.05) is 11.5 Å². The highest BCUT2D eigenvalue weighted by atomic mass is 32.2. The summed E-state index contributed by atoms with van der Waals surface area (Å²) >= 11 is 1.69. The molecule has 0 amide bonds. The van der Waals surface area contributed by atoms with E-state index in [9.17, 15) is 0 Å². The van der Waals surface area contributed by atoms with Crippen LogP contribution in [0.25, 0.3) is 0 Å². The summed E-state index contributed by atoms with van der Waals surface area (Å²) in [5.41, 5.74) is 5.52. The van der Waals surface area contributed by atoms with Gasteiger partial charge in [-0.1, -0.05) is 11.8 Å². The lowest BCUT2D eigenvalue weighted by Gasteiger charge is -2.05. The highest BCUT2D eigenvalue weighted by Gasteiger charge is 2.07. The van der Waals surface area contributed by atoms with E-state index < -0.39 is 0 Å². The molecule has 0 aliphatic rings. The molecule has 4 nitrogen and oxygen atoms in total. The van der Waals surface area contributed by atoms with E-state index in [-0.39, 0.29) is 0 Å². The van der Waals surface area contributed by atoms with Gasteiger partial charge in [-0.2, -0.15) is 0 Å². The number of aromatic nitrogens is 3. The molecule has 5 heteroatoms. The van der Waals surface area contributed by atoms with E-state index in [1.165, 1.54) is 0 Å². The molecule has 0 aliphatic heterocycles. The minimum absolute atomic E-state index is 0.608. The Morgan fingerprint density at radius 2 is 2.33 bits per heavy atom. The summed E-state index contributed by atoms with van der Waals surface area (Å²) in [4.78, 5) is 0. The smallest absolute Gasteiger partial charge is 0.191 e. The molecule has 0 saturated carbocycles. The van der Waals surface area contributed by atoms with Crippen molar-refractivity contribution in [3.8, 4) is 12.3 Å². The maximum Gasteiger partial charge on any atom is 0.191 e. The van der Waals surface area contributed by atoms with Gasteiger partial charge < -0.3 is 10.3 Å². The van der Waals surface area contributed by atoms with Crippen LogP contribution in [0.3, 0.4) is 0 Å². The average Bonchev–Trinajstić information content (AvgIpc) is 2.57. The van der Waals surface area contributed by atoms with E-state index in [0.717, 1.165) is 36.1 Å². The van der Waals surface area contributed by atoms with E-state index >= 15 is 0 Å². The molecule has 1 aromatic rings. The summed E-state index contributed by atoms with van der Waals surface area (Å²) in [6, 6.07) is 0. The van der Waals surface area contributed by atoms with E-state index in [0.29, 0.717) is 6.54 Å². The molecule has 0 fully saturated rings. The molecule has 1 rings (SSSR count). The standard InChI is InChI=1S/C10H16N4S/c1-3-4-5-8-15-10-13-12-9(2)14(10)7-6-11/h1H,4-8,11H2,2H3. The molecule has 1 aromatic heterocycles. The number of aryl methyl sites for hydroxylation is 1. The minimum atomic E-state index is 0.608. The Morgan fingerprint density at radius 3 is 3.00 bits per heavy atom. The van der Waals surface area contributed by atoms with Gasteiger partial charge in [0.15, 0.2) is 5.16 Å². The van der Waals surface area contributed by atoms with Gasteiger partial charge in [0.25, 0.3) is 0 Å². The fraction of sp³-hybridized carbons (Fsp3) is 0.600. The molecule has 0 atom stereocenters. The van der Waals surface area contributed by atoms with Gasteiger partial charge in [0.05, 0.1) is 0 Å². The number of terminal acetylenes is 1. The lowest BCUT2D eigenvalue weighted by atomic mass is 10.4. The molecule has 2 N–H and O–H groups in total. The Balaban J connectivity index is 2.49. The summed E-state index contributed by atoms with van der Waals surface area (Å²) in [5, 5.41) is 9.07. The highest BCUT2D eigenvalue weighted by Crippen LogP contribution is 2.17. The monoisotopic (exact) mass is 224 g/mol. The van der Waals surface area contributed by atoms with Crippen LogP contribution in [-0.2, 0) is 6.54 Å². The zero-order valence-electron chi connectivity index (χ0n) is 8.94. The molecule has 0 unspecified atom stereocenters. The van der Waals surface area contributed by atoms with E-state index in [1.54, 1.807) is 11.8 Å². The van der Waals surface area contributed by atoms with Crippen LogP contribution >= 0.6 is 11.8 Å².